The van der Waals surface area contributed by atoms with Crippen molar-refractivity contribution in [3.63, 3.8) is 0 Å². The van der Waals surface area contributed by atoms with Crippen LogP contribution in [-0.2, 0) is 12.8 Å². The summed E-state index contributed by atoms with van der Waals surface area (Å²) in [5.74, 6) is -0.386. The summed E-state index contributed by atoms with van der Waals surface area (Å²) in [5.41, 5.74) is -2.65. The highest BCUT2D eigenvalue weighted by molar-refractivity contribution is 6.33. The minimum Gasteiger partial charge on any atom is -0.507 e. The van der Waals surface area contributed by atoms with Gasteiger partial charge in [-0.25, -0.2) is 0 Å². The maximum Gasteiger partial charge on any atom is 0.416 e. The van der Waals surface area contributed by atoms with Crippen LogP contribution in [0.25, 0.3) is 22.4 Å². The van der Waals surface area contributed by atoms with Crippen molar-refractivity contribution >= 4 is 23.2 Å². The highest BCUT2D eigenvalue weighted by Gasteiger charge is 2.31. The lowest BCUT2D eigenvalue weighted by molar-refractivity contribution is -0.137. The zero-order chi connectivity index (χ0) is 22.2. The SMILES string of the molecule is N#Cc1c(-c2cc(C(F)(F)F)ccc2Cl)cc(-c2cc(Cl)cc(CO)c2O)[nH]c1=O. The quantitative estimate of drug-likeness (QED) is 0.512. The number of aromatic nitrogens is 1. The van der Waals surface area contributed by atoms with Gasteiger partial charge in [-0.1, -0.05) is 23.2 Å². The van der Waals surface area contributed by atoms with Gasteiger partial charge >= 0.3 is 6.18 Å². The van der Waals surface area contributed by atoms with E-state index in [4.69, 9.17) is 23.2 Å². The monoisotopic (exact) mass is 454 g/mol. The average Bonchev–Trinajstić information content (AvgIpc) is 2.68. The number of aromatic hydroxyl groups is 1. The van der Waals surface area contributed by atoms with Crippen molar-refractivity contribution in [1.29, 1.82) is 5.26 Å². The number of benzene rings is 2. The van der Waals surface area contributed by atoms with Crippen LogP contribution in [0.1, 0.15) is 16.7 Å². The zero-order valence-corrected chi connectivity index (χ0v) is 16.3. The minimum atomic E-state index is -4.67. The highest BCUT2D eigenvalue weighted by Crippen LogP contribution is 2.39. The van der Waals surface area contributed by atoms with Crippen molar-refractivity contribution < 1.29 is 23.4 Å². The number of nitrogens with zero attached hydrogens (tertiary/aromatic N) is 1. The van der Waals surface area contributed by atoms with Crippen molar-refractivity contribution in [1.82, 2.24) is 4.98 Å². The van der Waals surface area contributed by atoms with Gasteiger partial charge < -0.3 is 15.2 Å². The molecule has 5 nitrogen and oxygen atoms in total. The molecule has 1 aromatic heterocycles. The third-order valence-corrected chi connectivity index (χ3v) is 4.89. The Labute approximate surface area is 177 Å². The van der Waals surface area contributed by atoms with Crippen LogP contribution >= 0.6 is 23.2 Å². The number of H-pyrrole nitrogens is 1. The Kier molecular flexibility index (Phi) is 5.81. The standard InChI is InChI=1S/C20H11Cl2F3N2O3/c21-11-3-9(8-28)18(29)14(5-11)17-6-12(15(7-26)19(30)27-17)13-4-10(20(23,24)25)1-2-16(13)22/h1-6,28-29H,8H2,(H,27,30). The number of aliphatic hydroxyl groups excluding tert-OH is 1. The number of nitrogens with one attached hydrogen (secondary N) is 1. The third kappa shape index (κ3) is 4.00. The first-order valence-electron chi connectivity index (χ1n) is 8.24. The molecule has 3 N–H and O–H groups in total. The molecule has 0 unspecified atom stereocenters. The summed E-state index contributed by atoms with van der Waals surface area (Å²) in [5, 5.41) is 29.1. The summed E-state index contributed by atoms with van der Waals surface area (Å²) in [4.78, 5) is 14.9. The molecule has 0 saturated heterocycles. The molecule has 1 heterocycles. The van der Waals surface area contributed by atoms with Gasteiger partial charge in [0.05, 0.1) is 17.9 Å². The third-order valence-electron chi connectivity index (χ3n) is 4.34. The molecule has 0 aliphatic rings. The fraction of sp³-hybridized carbons (Fsp3) is 0.100. The van der Waals surface area contributed by atoms with Crippen molar-refractivity contribution in [3.05, 3.63) is 73.5 Å². The zero-order valence-electron chi connectivity index (χ0n) is 14.8. The number of halogens is 5. The van der Waals surface area contributed by atoms with Gasteiger partial charge in [0.2, 0.25) is 0 Å². The number of aliphatic hydroxyl groups is 1. The second-order valence-electron chi connectivity index (χ2n) is 6.22. The lowest BCUT2D eigenvalue weighted by atomic mass is 9.96. The molecule has 3 aromatic rings. The number of phenols is 1. The van der Waals surface area contributed by atoms with Gasteiger partial charge in [-0.3, -0.25) is 4.79 Å². The van der Waals surface area contributed by atoms with E-state index < -0.39 is 29.5 Å². The number of aromatic amines is 1. The number of hydrogen-bond donors (Lipinski definition) is 3. The number of alkyl halides is 3. The molecule has 0 spiro atoms. The van der Waals surface area contributed by atoms with Gasteiger partial charge in [0.15, 0.2) is 0 Å². The number of hydrogen-bond acceptors (Lipinski definition) is 4. The van der Waals surface area contributed by atoms with Gasteiger partial charge in [-0.2, -0.15) is 18.4 Å². The molecule has 0 saturated carbocycles. The molecule has 154 valence electrons. The Morgan fingerprint density at radius 2 is 1.77 bits per heavy atom. The molecule has 0 radical (unpaired) electrons. The maximum absolute atomic E-state index is 13.2. The van der Waals surface area contributed by atoms with Gasteiger partial charge in [0, 0.05) is 32.3 Å². The number of rotatable bonds is 3. The number of pyridine rings is 1. The Balaban J connectivity index is 2.35. The summed E-state index contributed by atoms with van der Waals surface area (Å²) in [6, 6.07) is 8.02. The smallest absolute Gasteiger partial charge is 0.416 e. The van der Waals surface area contributed by atoms with Crippen molar-refractivity contribution in [3.8, 4) is 34.2 Å². The molecule has 0 aliphatic carbocycles. The van der Waals surface area contributed by atoms with E-state index in [0.29, 0.717) is 0 Å². The molecule has 0 aliphatic heterocycles. The van der Waals surface area contributed by atoms with Gasteiger partial charge in [0.25, 0.3) is 5.56 Å². The minimum absolute atomic E-state index is 0.0116. The first-order chi connectivity index (χ1) is 14.1. The Hall–Kier alpha value is -2.99. The molecule has 0 fully saturated rings. The van der Waals surface area contributed by atoms with E-state index in [0.717, 1.165) is 18.2 Å². The topological polar surface area (TPSA) is 97.1 Å². The van der Waals surface area contributed by atoms with Crippen LogP contribution in [0, 0.1) is 11.3 Å². The molecule has 2 aromatic carbocycles. The summed E-state index contributed by atoms with van der Waals surface area (Å²) in [7, 11) is 0. The summed E-state index contributed by atoms with van der Waals surface area (Å²) >= 11 is 12.1. The largest absolute Gasteiger partial charge is 0.507 e. The Bertz CT molecular complexity index is 1250. The molecule has 10 heteroatoms. The number of nitriles is 1. The van der Waals surface area contributed by atoms with Gasteiger partial charge in [-0.15, -0.1) is 0 Å². The lowest BCUT2D eigenvalue weighted by Crippen LogP contribution is -2.13. The van der Waals surface area contributed by atoms with E-state index in [9.17, 15) is 33.4 Å². The van der Waals surface area contributed by atoms with Crippen LogP contribution in [0.5, 0.6) is 5.75 Å². The van der Waals surface area contributed by atoms with Gasteiger partial charge in [0.1, 0.15) is 17.4 Å². The van der Waals surface area contributed by atoms with Crippen molar-refractivity contribution in [2.24, 2.45) is 0 Å². The second kappa shape index (κ2) is 8.03. The lowest BCUT2D eigenvalue weighted by Gasteiger charge is -2.14. The molecular weight excluding hydrogens is 444 g/mol. The van der Waals surface area contributed by atoms with Crippen molar-refractivity contribution in [2.75, 3.05) is 0 Å². The summed E-state index contributed by atoms with van der Waals surface area (Å²) in [6.45, 7) is -0.549. The predicted molar refractivity (Wildman–Crippen MR) is 105 cm³/mol. The van der Waals surface area contributed by atoms with E-state index >= 15 is 0 Å². The molecule has 0 bridgehead atoms. The predicted octanol–water partition coefficient (Wildman–Crippen LogP) is 5.10. The first kappa shape index (κ1) is 21.7. The van der Waals surface area contributed by atoms with Crippen LogP contribution in [0.4, 0.5) is 13.2 Å². The highest BCUT2D eigenvalue weighted by atomic mass is 35.5. The van der Waals surface area contributed by atoms with Crippen LogP contribution in [0.3, 0.4) is 0 Å². The molecule has 0 amide bonds. The average molecular weight is 455 g/mol. The normalized spacial score (nSPS) is 11.4. The van der Waals surface area contributed by atoms with E-state index in [2.05, 4.69) is 4.98 Å². The van der Waals surface area contributed by atoms with Crippen LogP contribution in [0.15, 0.2) is 41.2 Å². The molecule has 3 rings (SSSR count). The molecule has 0 atom stereocenters. The molecule has 30 heavy (non-hydrogen) atoms. The second-order valence-corrected chi connectivity index (χ2v) is 7.07. The van der Waals surface area contributed by atoms with Crippen LogP contribution in [0.2, 0.25) is 10.0 Å². The Morgan fingerprint density at radius 1 is 1.07 bits per heavy atom. The van der Waals surface area contributed by atoms with Gasteiger partial charge in [-0.05, 0) is 36.4 Å². The van der Waals surface area contributed by atoms with E-state index in [1.807, 2.05) is 0 Å². The first-order valence-corrected chi connectivity index (χ1v) is 8.99. The summed E-state index contributed by atoms with van der Waals surface area (Å²) in [6.07, 6.45) is -4.67. The van der Waals surface area contributed by atoms with Crippen molar-refractivity contribution in [2.45, 2.75) is 12.8 Å². The fourth-order valence-electron chi connectivity index (χ4n) is 2.92. The Morgan fingerprint density at radius 3 is 2.37 bits per heavy atom. The van der Waals surface area contributed by atoms with E-state index in [-0.39, 0.29) is 43.7 Å². The molecular formula is C20H11Cl2F3N2O3. The van der Waals surface area contributed by atoms with E-state index in [1.165, 1.54) is 18.2 Å². The van der Waals surface area contributed by atoms with E-state index in [1.54, 1.807) is 6.07 Å². The fourth-order valence-corrected chi connectivity index (χ4v) is 3.38. The summed E-state index contributed by atoms with van der Waals surface area (Å²) < 4.78 is 39.5. The maximum atomic E-state index is 13.2. The van der Waals surface area contributed by atoms with Crippen LogP contribution < -0.4 is 5.56 Å². The van der Waals surface area contributed by atoms with Crippen LogP contribution in [-0.4, -0.2) is 15.2 Å².